The Morgan fingerprint density at radius 1 is 1.14 bits per heavy atom. The number of rotatable bonds is 4. The average Bonchev–Trinajstić information content (AvgIpc) is 2.45. The van der Waals surface area contributed by atoms with Gasteiger partial charge in [-0.25, -0.2) is 8.78 Å². The first-order valence-corrected chi connectivity index (χ1v) is 6.62. The van der Waals surface area contributed by atoms with Crippen molar-refractivity contribution in [2.45, 2.75) is 6.42 Å². The van der Waals surface area contributed by atoms with Gasteiger partial charge in [-0.3, -0.25) is 4.79 Å². The number of nitrogen functional groups attached to an aromatic ring is 1. The molecule has 0 aliphatic rings. The molecular formula is C15H13ClF2N2O. The quantitative estimate of drug-likeness (QED) is 0.852. The van der Waals surface area contributed by atoms with Crippen LogP contribution < -0.4 is 11.1 Å². The minimum Gasteiger partial charge on any atom is -0.396 e. The van der Waals surface area contributed by atoms with Crippen molar-refractivity contribution in [2.24, 2.45) is 0 Å². The van der Waals surface area contributed by atoms with Crippen molar-refractivity contribution < 1.29 is 13.6 Å². The number of hydrogen-bond acceptors (Lipinski definition) is 2. The maximum absolute atomic E-state index is 13.5. The molecule has 0 aliphatic carbocycles. The zero-order valence-electron chi connectivity index (χ0n) is 11.0. The molecule has 0 saturated heterocycles. The summed E-state index contributed by atoms with van der Waals surface area (Å²) in [6, 6.07) is 8.76. The van der Waals surface area contributed by atoms with Crippen LogP contribution in [0.5, 0.6) is 0 Å². The van der Waals surface area contributed by atoms with E-state index in [2.05, 4.69) is 5.32 Å². The van der Waals surface area contributed by atoms with E-state index in [0.29, 0.717) is 24.1 Å². The first-order chi connectivity index (χ1) is 9.97. The van der Waals surface area contributed by atoms with Gasteiger partial charge in [0.2, 0.25) is 0 Å². The van der Waals surface area contributed by atoms with E-state index in [-0.39, 0.29) is 11.3 Å². The third-order valence-corrected chi connectivity index (χ3v) is 3.20. The molecule has 0 atom stereocenters. The van der Waals surface area contributed by atoms with Gasteiger partial charge in [-0.15, -0.1) is 0 Å². The zero-order valence-corrected chi connectivity index (χ0v) is 11.8. The lowest BCUT2D eigenvalue weighted by Gasteiger charge is -2.07. The lowest BCUT2D eigenvalue weighted by Crippen LogP contribution is -2.26. The molecule has 0 aliphatic heterocycles. The largest absolute Gasteiger partial charge is 0.396 e. The van der Waals surface area contributed by atoms with Crippen molar-refractivity contribution in [3.05, 3.63) is 64.2 Å². The van der Waals surface area contributed by atoms with E-state index in [1.54, 1.807) is 12.1 Å². The van der Waals surface area contributed by atoms with E-state index in [0.717, 1.165) is 11.6 Å². The number of carbonyl (C=O) groups is 1. The van der Waals surface area contributed by atoms with Crippen molar-refractivity contribution in [1.82, 2.24) is 5.32 Å². The highest BCUT2D eigenvalue weighted by molar-refractivity contribution is 6.30. The summed E-state index contributed by atoms with van der Waals surface area (Å²) in [6.45, 7) is 0.317. The molecule has 2 aromatic rings. The number of benzene rings is 2. The molecule has 2 aromatic carbocycles. The SMILES string of the molecule is Nc1cc(C(=O)NCCc2ccc(Cl)cc2)c(F)cc1F. The monoisotopic (exact) mass is 310 g/mol. The van der Waals surface area contributed by atoms with Crippen LogP contribution in [0, 0.1) is 11.6 Å². The number of hydrogen-bond donors (Lipinski definition) is 2. The third kappa shape index (κ3) is 3.92. The van der Waals surface area contributed by atoms with Gasteiger partial charge in [0.05, 0.1) is 11.3 Å². The third-order valence-electron chi connectivity index (χ3n) is 2.94. The number of amides is 1. The fraction of sp³-hybridized carbons (Fsp3) is 0.133. The number of carbonyl (C=O) groups excluding carboxylic acids is 1. The summed E-state index contributed by atoms with van der Waals surface area (Å²) in [5.74, 6) is -2.45. The Labute approximate surface area is 125 Å². The molecule has 0 bridgehead atoms. The molecule has 1 amide bonds. The highest BCUT2D eigenvalue weighted by Crippen LogP contribution is 2.16. The normalized spacial score (nSPS) is 10.4. The molecule has 0 spiro atoms. The Balaban J connectivity index is 1.96. The highest BCUT2D eigenvalue weighted by Gasteiger charge is 2.14. The second kappa shape index (κ2) is 6.54. The standard InChI is InChI=1S/C15H13ClF2N2O/c16-10-3-1-9(2-4-10)5-6-20-15(21)11-7-14(19)13(18)8-12(11)17/h1-4,7-8H,5-6,19H2,(H,20,21). The Hall–Kier alpha value is -2.14. The van der Waals surface area contributed by atoms with Crippen molar-refractivity contribution >= 4 is 23.2 Å². The Morgan fingerprint density at radius 2 is 1.81 bits per heavy atom. The van der Waals surface area contributed by atoms with Crippen LogP contribution in [0.2, 0.25) is 5.02 Å². The van der Waals surface area contributed by atoms with Crippen LogP contribution in [0.1, 0.15) is 15.9 Å². The maximum Gasteiger partial charge on any atom is 0.254 e. The molecule has 21 heavy (non-hydrogen) atoms. The Kier molecular flexibility index (Phi) is 4.75. The molecule has 6 heteroatoms. The summed E-state index contributed by atoms with van der Waals surface area (Å²) in [5, 5.41) is 3.19. The molecule has 2 rings (SSSR count). The molecule has 3 N–H and O–H groups in total. The van der Waals surface area contributed by atoms with Gasteiger partial charge in [-0.1, -0.05) is 23.7 Å². The first-order valence-electron chi connectivity index (χ1n) is 6.24. The van der Waals surface area contributed by atoms with Gasteiger partial charge in [0.25, 0.3) is 5.91 Å². The van der Waals surface area contributed by atoms with Crippen molar-refractivity contribution in [3.8, 4) is 0 Å². The van der Waals surface area contributed by atoms with E-state index in [9.17, 15) is 13.6 Å². The van der Waals surface area contributed by atoms with Gasteiger partial charge in [-0.2, -0.15) is 0 Å². The number of anilines is 1. The Morgan fingerprint density at radius 3 is 2.48 bits per heavy atom. The van der Waals surface area contributed by atoms with E-state index >= 15 is 0 Å². The van der Waals surface area contributed by atoms with Crippen LogP contribution >= 0.6 is 11.6 Å². The van der Waals surface area contributed by atoms with Gasteiger partial charge in [0.1, 0.15) is 11.6 Å². The summed E-state index contributed by atoms with van der Waals surface area (Å²) in [7, 11) is 0. The molecule has 0 unspecified atom stereocenters. The minimum absolute atomic E-state index is 0.265. The fourth-order valence-corrected chi connectivity index (χ4v) is 1.93. The number of halogens is 3. The average molecular weight is 311 g/mol. The lowest BCUT2D eigenvalue weighted by atomic mass is 10.1. The maximum atomic E-state index is 13.5. The van der Waals surface area contributed by atoms with Crippen molar-refractivity contribution in [2.75, 3.05) is 12.3 Å². The van der Waals surface area contributed by atoms with Gasteiger partial charge in [0, 0.05) is 17.6 Å². The van der Waals surface area contributed by atoms with Crippen LogP contribution in [0.4, 0.5) is 14.5 Å². The molecular weight excluding hydrogens is 298 g/mol. The summed E-state index contributed by atoms with van der Waals surface area (Å²) < 4.78 is 26.5. The second-order valence-corrected chi connectivity index (χ2v) is 4.92. The van der Waals surface area contributed by atoms with Crippen LogP contribution in [-0.2, 0) is 6.42 Å². The highest BCUT2D eigenvalue weighted by atomic mass is 35.5. The topological polar surface area (TPSA) is 55.1 Å². The van der Waals surface area contributed by atoms with E-state index in [1.807, 2.05) is 12.1 Å². The molecule has 110 valence electrons. The molecule has 0 aromatic heterocycles. The predicted octanol–water partition coefficient (Wildman–Crippen LogP) is 3.17. The molecule has 0 saturated carbocycles. The van der Waals surface area contributed by atoms with Crippen LogP contribution in [0.25, 0.3) is 0 Å². The summed E-state index contributed by atoms with van der Waals surface area (Å²) >= 11 is 5.77. The molecule has 0 fully saturated rings. The van der Waals surface area contributed by atoms with Gasteiger partial charge in [-0.05, 0) is 30.2 Å². The second-order valence-electron chi connectivity index (χ2n) is 4.49. The predicted molar refractivity (Wildman–Crippen MR) is 78.3 cm³/mol. The van der Waals surface area contributed by atoms with Crippen molar-refractivity contribution in [3.63, 3.8) is 0 Å². The molecule has 3 nitrogen and oxygen atoms in total. The molecule has 0 radical (unpaired) electrons. The lowest BCUT2D eigenvalue weighted by molar-refractivity contribution is 0.0950. The summed E-state index contributed by atoms with van der Waals surface area (Å²) in [4.78, 5) is 11.8. The smallest absolute Gasteiger partial charge is 0.254 e. The number of nitrogens with one attached hydrogen (secondary N) is 1. The summed E-state index contributed by atoms with van der Waals surface area (Å²) in [6.07, 6.45) is 0.571. The van der Waals surface area contributed by atoms with Crippen LogP contribution in [-0.4, -0.2) is 12.5 Å². The molecule has 0 heterocycles. The fourth-order valence-electron chi connectivity index (χ4n) is 1.81. The van der Waals surface area contributed by atoms with Crippen molar-refractivity contribution in [1.29, 1.82) is 0 Å². The summed E-state index contributed by atoms with van der Waals surface area (Å²) in [5.41, 5.74) is 5.77. The van der Waals surface area contributed by atoms with Gasteiger partial charge in [0.15, 0.2) is 0 Å². The van der Waals surface area contributed by atoms with Gasteiger partial charge >= 0.3 is 0 Å². The first kappa shape index (κ1) is 15.3. The minimum atomic E-state index is -0.939. The number of nitrogens with two attached hydrogens (primary N) is 1. The van der Waals surface area contributed by atoms with E-state index < -0.39 is 17.5 Å². The van der Waals surface area contributed by atoms with Gasteiger partial charge < -0.3 is 11.1 Å². The van der Waals surface area contributed by atoms with E-state index in [1.165, 1.54) is 0 Å². The van der Waals surface area contributed by atoms with Crippen LogP contribution in [0.3, 0.4) is 0 Å². The Bertz CT molecular complexity index is 659. The zero-order chi connectivity index (χ0) is 15.4. The van der Waals surface area contributed by atoms with Crippen LogP contribution in [0.15, 0.2) is 36.4 Å². The van der Waals surface area contributed by atoms with E-state index in [4.69, 9.17) is 17.3 Å².